The van der Waals surface area contributed by atoms with Gasteiger partial charge in [-0.2, -0.15) is 0 Å². The van der Waals surface area contributed by atoms with Gasteiger partial charge in [-0.15, -0.1) is 10.2 Å². The van der Waals surface area contributed by atoms with Crippen LogP contribution in [0.25, 0.3) is 0 Å². The molecular formula is C12H16N4O3S. The molecule has 0 spiro atoms. The summed E-state index contributed by atoms with van der Waals surface area (Å²) in [6.45, 7) is 0.219. The molecule has 1 amide bonds. The Morgan fingerprint density at radius 1 is 1.50 bits per heavy atom. The molecule has 20 heavy (non-hydrogen) atoms. The lowest BCUT2D eigenvalue weighted by molar-refractivity contribution is -0.143. The highest BCUT2D eigenvalue weighted by molar-refractivity contribution is 7.99. The highest BCUT2D eigenvalue weighted by Gasteiger charge is 2.50. The largest absolute Gasteiger partial charge is 0.481 e. The molecule has 0 atom stereocenters. The third kappa shape index (κ3) is 2.79. The fraction of sp³-hybridized carbons (Fsp3) is 0.667. The first kappa shape index (κ1) is 13.4. The van der Waals surface area contributed by atoms with E-state index in [0.29, 0.717) is 18.9 Å². The smallest absolute Gasteiger partial charge is 0.311 e. The molecular weight excluding hydrogens is 280 g/mol. The molecule has 0 aliphatic heterocycles. The van der Waals surface area contributed by atoms with Crippen LogP contribution in [-0.2, 0) is 9.59 Å². The lowest BCUT2D eigenvalue weighted by atomic mass is 10.1. The number of aliphatic carboxylic acids is 1. The Morgan fingerprint density at radius 2 is 2.25 bits per heavy atom. The van der Waals surface area contributed by atoms with E-state index in [9.17, 15) is 9.59 Å². The summed E-state index contributed by atoms with van der Waals surface area (Å²) in [5.41, 5.74) is -0.714. The SMILES string of the molecule is O=C(CSc1nncn1C1CC1)NCC1(C(=O)O)CC1. The van der Waals surface area contributed by atoms with Gasteiger partial charge in [-0.25, -0.2) is 0 Å². The van der Waals surface area contributed by atoms with Crippen LogP contribution >= 0.6 is 11.8 Å². The van der Waals surface area contributed by atoms with E-state index >= 15 is 0 Å². The highest BCUT2D eigenvalue weighted by atomic mass is 32.2. The zero-order valence-electron chi connectivity index (χ0n) is 10.9. The molecule has 2 N–H and O–H groups in total. The summed E-state index contributed by atoms with van der Waals surface area (Å²) in [7, 11) is 0. The number of carbonyl (C=O) groups excluding carboxylic acids is 1. The van der Waals surface area contributed by atoms with E-state index < -0.39 is 11.4 Å². The molecule has 0 bridgehead atoms. The van der Waals surface area contributed by atoms with Crippen molar-refractivity contribution in [1.82, 2.24) is 20.1 Å². The lowest BCUT2D eigenvalue weighted by Crippen LogP contribution is -2.35. The van der Waals surface area contributed by atoms with Gasteiger partial charge < -0.3 is 15.0 Å². The van der Waals surface area contributed by atoms with Gasteiger partial charge in [0.2, 0.25) is 5.91 Å². The number of hydrogen-bond acceptors (Lipinski definition) is 5. The van der Waals surface area contributed by atoms with Crippen molar-refractivity contribution in [1.29, 1.82) is 0 Å². The average molecular weight is 296 g/mol. The van der Waals surface area contributed by atoms with E-state index in [-0.39, 0.29) is 18.2 Å². The standard InChI is InChI=1S/C12H16N4O3S/c17-9(13-6-12(3-4-12)10(18)19)5-20-11-15-14-7-16(11)8-1-2-8/h7-8H,1-6H2,(H,13,17)(H,18,19). The van der Waals surface area contributed by atoms with E-state index in [1.54, 1.807) is 6.33 Å². The van der Waals surface area contributed by atoms with Crippen LogP contribution in [0.4, 0.5) is 0 Å². The third-order valence-electron chi connectivity index (χ3n) is 3.74. The number of nitrogens with one attached hydrogen (secondary N) is 1. The summed E-state index contributed by atoms with van der Waals surface area (Å²) in [5, 5.41) is 20.3. The lowest BCUT2D eigenvalue weighted by Gasteiger charge is -2.10. The van der Waals surface area contributed by atoms with Gasteiger partial charge in [0.05, 0.1) is 11.2 Å². The van der Waals surface area contributed by atoms with E-state index in [1.807, 2.05) is 4.57 Å². The van der Waals surface area contributed by atoms with Crippen molar-refractivity contribution < 1.29 is 14.7 Å². The van der Waals surface area contributed by atoms with Gasteiger partial charge in [0.1, 0.15) is 6.33 Å². The molecule has 1 aromatic heterocycles. The van der Waals surface area contributed by atoms with Crippen molar-refractivity contribution in [3.63, 3.8) is 0 Å². The third-order valence-corrected chi connectivity index (χ3v) is 4.70. The van der Waals surface area contributed by atoms with Gasteiger partial charge in [0, 0.05) is 12.6 Å². The number of nitrogens with zero attached hydrogens (tertiary/aromatic N) is 3. The number of carbonyl (C=O) groups is 2. The Morgan fingerprint density at radius 3 is 2.85 bits per heavy atom. The van der Waals surface area contributed by atoms with Crippen molar-refractivity contribution in [3.05, 3.63) is 6.33 Å². The summed E-state index contributed by atoms with van der Waals surface area (Å²) in [5.74, 6) is -0.743. The number of aromatic nitrogens is 3. The molecule has 0 saturated heterocycles. The number of thioether (sulfide) groups is 1. The van der Waals surface area contributed by atoms with Crippen LogP contribution in [0.1, 0.15) is 31.7 Å². The summed E-state index contributed by atoms with van der Waals surface area (Å²) in [4.78, 5) is 22.7. The molecule has 0 aromatic carbocycles. The fourth-order valence-corrected chi connectivity index (χ4v) is 2.82. The van der Waals surface area contributed by atoms with Crippen molar-refractivity contribution in [2.24, 2.45) is 5.41 Å². The maximum atomic E-state index is 11.7. The normalized spacial score (nSPS) is 19.6. The first-order chi connectivity index (χ1) is 9.61. The van der Waals surface area contributed by atoms with Gasteiger partial charge in [-0.1, -0.05) is 11.8 Å². The minimum absolute atomic E-state index is 0.159. The second kappa shape index (κ2) is 5.08. The van der Waals surface area contributed by atoms with Gasteiger partial charge in [-0.05, 0) is 25.7 Å². The Labute approximate surface area is 120 Å². The second-order valence-corrected chi connectivity index (χ2v) is 6.35. The first-order valence-electron chi connectivity index (χ1n) is 6.63. The molecule has 8 heteroatoms. The minimum Gasteiger partial charge on any atom is -0.481 e. The van der Waals surface area contributed by atoms with Crippen molar-refractivity contribution in [2.75, 3.05) is 12.3 Å². The molecule has 2 saturated carbocycles. The van der Waals surface area contributed by atoms with Crippen molar-refractivity contribution in [3.8, 4) is 0 Å². The molecule has 0 radical (unpaired) electrons. The molecule has 3 rings (SSSR count). The van der Waals surface area contributed by atoms with E-state index in [0.717, 1.165) is 18.0 Å². The van der Waals surface area contributed by atoms with Crippen LogP contribution in [0.3, 0.4) is 0 Å². The van der Waals surface area contributed by atoms with Crippen LogP contribution in [0.2, 0.25) is 0 Å². The summed E-state index contributed by atoms with van der Waals surface area (Å²) >= 11 is 1.34. The van der Waals surface area contributed by atoms with Crippen molar-refractivity contribution in [2.45, 2.75) is 36.9 Å². The molecule has 1 aromatic rings. The molecule has 2 aliphatic carbocycles. The summed E-state index contributed by atoms with van der Waals surface area (Å²) < 4.78 is 2.00. The Balaban J connectivity index is 1.45. The molecule has 0 unspecified atom stereocenters. The van der Waals surface area contributed by atoms with E-state index in [1.165, 1.54) is 11.8 Å². The zero-order valence-corrected chi connectivity index (χ0v) is 11.7. The Hall–Kier alpha value is -1.57. The van der Waals surface area contributed by atoms with Crippen molar-refractivity contribution >= 4 is 23.6 Å². The fourth-order valence-electron chi connectivity index (χ4n) is 2.00. The topological polar surface area (TPSA) is 97.1 Å². The first-order valence-corrected chi connectivity index (χ1v) is 7.62. The van der Waals surface area contributed by atoms with Gasteiger partial charge in [0.25, 0.3) is 0 Å². The predicted molar refractivity (Wildman–Crippen MR) is 71.3 cm³/mol. The maximum absolute atomic E-state index is 11.7. The monoisotopic (exact) mass is 296 g/mol. The van der Waals surface area contributed by atoms with Crippen LogP contribution in [0.5, 0.6) is 0 Å². The average Bonchev–Trinajstić information content (AvgIpc) is 3.34. The Bertz CT molecular complexity index is 537. The van der Waals surface area contributed by atoms with Crippen LogP contribution < -0.4 is 5.32 Å². The van der Waals surface area contributed by atoms with Crippen LogP contribution in [0.15, 0.2) is 11.5 Å². The predicted octanol–water partition coefficient (Wildman–Crippen LogP) is 0.686. The van der Waals surface area contributed by atoms with Gasteiger partial charge >= 0.3 is 5.97 Å². The maximum Gasteiger partial charge on any atom is 0.311 e. The molecule has 1 heterocycles. The summed E-state index contributed by atoms with van der Waals surface area (Å²) in [6.07, 6.45) is 5.26. The number of carboxylic acids is 1. The summed E-state index contributed by atoms with van der Waals surface area (Å²) in [6, 6.07) is 0.484. The highest BCUT2D eigenvalue weighted by Crippen LogP contribution is 2.45. The van der Waals surface area contributed by atoms with E-state index in [2.05, 4.69) is 15.5 Å². The molecule has 108 valence electrons. The Kier molecular flexibility index (Phi) is 3.41. The molecule has 7 nitrogen and oxygen atoms in total. The van der Waals surface area contributed by atoms with Crippen LogP contribution in [-0.4, -0.2) is 44.0 Å². The van der Waals surface area contributed by atoms with Crippen LogP contribution in [0, 0.1) is 5.41 Å². The zero-order chi connectivity index (χ0) is 14.2. The molecule has 2 fully saturated rings. The number of hydrogen-bond donors (Lipinski definition) is 2. The number of carboxylic acid groups (broad SMARTS) is 1. The van der Waals surface area contributed by atoms with Gasteiger partial charge in [0.15, 0.2) is 5.16 Å². The second-order valence-electron chi connectivity index (χ2n) is 5.40. The quantitative estimate of drug-likeness (QED) is 0.718. The minimum atomic E-state index is -0.820. The number of amides is 1. The number of rotatable bonds is 7. The van der Waals surface area contributed by atoms with E-state index in [4.69, 9.17) is 5.11 Å². The van der Waals surface area contributed by atoms with Gasteiger partial charge in [-0.3, -0.25) is 9.59 Å². The molecule has 2 aliphatic rings.